The normalized spacial score (nSPS) is 23.2. The van der Waals surface area contributed by atoms with Gasteiger partial charge in [0.05, 0.1) is 6.61 Å². The Bertz CT molecular complexity index is 1140. The van der Waals surface area contributed by atoms with Crippen LogP contribution in [0.3, 0.4) is 0 Å². The number of nitrogens with one attached hydrogen (secondary N) is 1. The lowest BCUT2D eigenvalue weighted by Crippen LogP contribution is -2.38. The minimum Gasteiger partial charge on any atom is -0.396 e. The number of aliphatic hydroxyl groups excluding tert-OH is 1. The lowest BCUT2D eigenvalue weighted by Gasteiger charge is -2.25. The van der Waals surface area contributed by atoms with Crippen molar-refractivity contribution in [3.05, 3.63) is 71.3 Å². The summed E-state index contributed by atoms with van der Waals surface area (Å²) in [5.41, 5.74) is 5.42. The van der Waals surface area contributed by atoms with Gasteiger partial charge in [0.1, 0.15) is 0 Å². The maximum atomic E-state index is 13.5. The molecule has 3 aromatic carbocycles. The number of aliphatic hydroxyl groups is 1. The molecular weight excluding hydrogens is 372 g/mol. The second-order valence-electron chi connectivity index (χ2n) is 9.06. The summed E-state index contributed by atoms with van der Waals surface area (Å²) >= 11 is 0. The Kier molecular flexibility index (Phi) is 4.64. The molecule has 4 nitrogen and oxygen atoms in total. The van der Waals surface area contributed by atoms with Gasteiger partial charge < -0.3 is 15.3 Å². The highest BCUT2D eigenvalue weighted by Crippen LogP contribution is 2.40. The first kappa shape index (κ1) is 19.3. The van der Waals surface area contributed by atoms with E-state index >= 15 is 0 Å². The number of carbonyl (C=O) groups excluding carboxylic acids is 1. The molecule has 3 aromatic rings. The Balaban J connectivity index is 1.56. The largest absolute Gasteiger partial charge is 0.396 e. The zero-order valence-electron chi connectivity index (χ0n) is 17.6. The number of fused-ring (bicyclic) bond motifs is 2. The summed E-state index contributed by atoms with van der Waals surface area (Å²) in [5, 5.41) is 15.5. The van der Waals surface area contributed by atoms with Crippen LogP contribution in [0.1, 0.15) is 21.5 Å². The Labute approximate surface area is 177 Å². The van der Waals surface area contributed by atoms with Crippen molar-refractivity contribution < 1.29 is 9.90 Å². The summed E-state index contributed by atoms with van der Waals surface area (Å²) in [4.78, 5) is 15.5. The SMILES string of the molecule is Cc1ccc(-c2ccc(C(=O)N3C[C@@H]4CNC[C@]4(CO)C3)c3ccccc23)c(C)c1. The van der Waals surface area contributed by atoms with Gasteiger partial charge in [-0.25, -0.2) is 0 Å². The predicted molar refractivity (Wildman–Crippen MR) is 121 cm³/mol. The molecular formula is C26H28N2O2. The molecule has 0 unspecified atom stereocenters. The number of rotatable bonds is 3. The molecule has 0 aromatic heterocycles. The van der Waals surface area contributed by atoms with E-state index in [2.05, 4.69) is 55.6 Å². The lowest BCUT2D eigenvalue weighted by atomic mass is 9.82. The van der Waals surface area contributed by atoms with Crippen molar-refractivity contribution in [2.75, 3.05) is 32.8 Å². The predicted octanol–water partition coefficient (Wildman–Crippen LogP) is 3.78. The van der Waals surface area contributed by atoms with Crippen molar-refractivity contribution in [2.24, 2.45) is 11.3 Å². The minimum atomic E-state index is -0.190. The highest BCUT2D eigenvalue weighted by molar-refractivity contribution is 6.11. The number of carbonyl (C=O) groups is 1. The van der Waals surface area contributed by atoms with E-state index in [0.29, 0.717) is 19.0 Å². The van der Waals surface area contributed by atoms with E-state index in [1.54, 1.807) is 0 Å². The summed E-state index contributed by atoms with van der Waals surface area (Å²) in [7, 11) is 0. The van der Waals surface area contributed by atoms with Gasteiger partial charge in [0.2, 0.25) is 0 Å². The minimum absolute atomic E-state index is 0.0700. The number of benzene rings is 3. The highest BCUT2D eigenvalue weighted by Gasteiger charge is 2.50. The van der Waals surface area contributed by atoms with Crippen LogP contribution in [0.5, 0.6) is 0 Å². The van der Waals surface area contributed by atoms with E-state index in [0.717, 1.165) is 35.0 Å². The fourth-order valence-electron chi connectivity index (χ4n) is 5.41. The maximum Gasteiger partial charge on any atom is 0.254 e. The van der Waals surface area contributed by atoms with Gasteiger partial charge in [0.25, 0.3) is 5.91 Å². The first-order chi connectivity index (χ1) is 14.5. The Morgan fingerprint density at radius 3 is 2.60 bits per heavy atom. The summed E-state index contributed by atoms with van der Waals surface area (Å²) in [6, 6.07) is 18.8. The van der Waals surface area contributed by atoms with E-state index < -0.39 is 0 Å². The molecule has 154 valence electrons. The summed E-state index contributed by atoms with van der Waals surface area (Å²) in [5.74, 6) is 0.396. The first-order valence-electron chi connectivity index (χ1n) is 10.7. The Morgan fingerprint density at radius 1 is 1.10 bits per heavy atom. The van der Waals surface area contributed by atoms with Crippen LogP contribution in [0.4, 0.5) is 0 Å². The van der Waals surface area contributed by atoms with E-state index in [-0.39, 0.29) is 17.9 Å². The Hall–Kier alpha value is -2.69. The van der Waals surface area contributed by atoms with Gasteiger partial charge in [-0.2, -0.15) is 0 Å². The van der Waals surface area contributed by atoms with Gasteiger partial charge in [-0.05, 0) is 53.3 Å². The number of aryl methyl sites for hydroxylation is 2. The number of amides is 1. The molecule has 1 amide bonds. The van der Waals surface area contributed by atoms with Gasteiger partial charge >= 0.3 is 0 Å². The monoisotopic (exact) mass is 400 g/mol. The third-order valence-corrected chi connectivity index (χ3v) is 7.11. The van der Waals surface area contributed by atoms with E-state index in [1.807, 2.05) is 23.1 Å². The standard InChI is InChI=1S/C26H28N2O2/c1-17-7-8-20(18(2)11-17)23-9-10-24(22-6-4-3-5-21(22)23)25(30)28-13-19-12-27-14-26(19,15-28)16-29/h3-11,19,27,29H,12-16H2,1-2H3/t19-,26+/m0/s1. The molecule has 0 bridgehead atoms. The molecule has 0 aliphatic carbocycles. The van der Waals surface area contributed by atoms with Gasteiger partial charge in [-0.3, -0.25) is 4.79 Å². The fraction of sp³-hybridized carbons (Fsp3) is 0.346. The highest BCUT2D eigenvalue weighted by atomic mass is 16.3. The van der Waals surface area contributed by atoms with Crippen LogP contribution in [0.25, 0.3) is 21.9 Å². The molecule has 0 saturated carbocycles. The molecule has 2 atom stereocenters. The molecule has 2 aliphatic heterocycles. The van der Waals surface area contributed by atoms with Crippen LogP contribution in [-0.2, 0) is 0 Å². The van der Waals surface area contributed by atoms with E-state index in [1.165, 1.54) is 16.7 Å². The fourth-order valence-corrected chi connectivity index (χ4v) is 5.41. The number of nitrogens with zero attached hydrogens (tertiary/aromatic N) is 1. The molecule has 0 spiro atoms. The molecule has 2 heterocycles. The van der Waals surface area contributed by atoms with Crippen molar-refractivity contribution in [3.63, 3.8) is 0 Å². The number of likely N-dealkylation sites (tertiary alicyclic amines) is 1. The van der Waals surface area contributed by atoms with Crippen LogP contribution >= 0.6 is 0 Å². The van der Waals surface area contributed by atoms with Crippen LogP contribution in [0.15, 0.2) is 54.6 Å². The average Bonchev–Trinajstić information content (AvgIpc) is 3.31. The zero-order chi connectivity index (χ0) is 20.9. The summed E-state index contributed by atoms with van der Waals surface area (Å²) in [6.45, 7) is 7.35. The van der Waals surface area contributed by atoms with Crippen molar-refractivity contribution in [3.8, 4) is 11.1 Å². The molecule has 0 radical (unpaired) electrons. The van der Waals surface area contributed by atoms with Crippen molar-refractivity contribution in [1.82, 2.24) is 10.2 Å². The summed E-state index contributed by atoms with van der Waals surface area (Å²) < 4.78 is 0. The van der Waals surface area contributed by atoms with Crippen LogP contribution in [0.2, 0.25) is 0 Å². The maximum absolute atomic E-state index is 13.5. The smallest absolute Gasteiger partial charge is 0.254 e. The van der Waals surface area contributed by atoms with Crippen molar-refractivity contribution in [1.29, 1.82) is 0 Å². The molecule has 2 N–H and O–H groups in total. The van der Waals surface area contributed by atoms with Gasteiger partial charge in [-0.15, -0.1) is 0 Å². The molecule has 2 aliphatic rings. The van der Waals surface area contributed by atoms with Crippen LogP contribution in [-0.4, -0.2) is 48.7 Å². The van der Waals surface area contributed by atoms with Crippen molar-refractivity contribution >= 4 is 16.7 Å². The summed E-state index contributed by atoms with van der Waals surface area (Å²) in [6.07, 6.45) is 0. The molecule has 4 heteroatoms. The molecule has 5 rings (SSSR count). The van der Waals surface area contributed by atoms with Gasteiger partial charge in [-0.1, -0.05) is 54.1 Å². The van der Waals surface area contributed by atoms with Gasteiger partial charge in [0.15, 0.2) is 0 Å². The van der Waals surface area contributed by atoms with E-state index in [4.69, 9.17) is 0 Å². The molecule has 30 heavy (non-hydrogen) atoms. The van der Waals surface area contributed by atoms with Crippen LogP contribution < -0.4 is 5.32 Å². The molecule has 2 saturated heterocycles. The second-order valence-corrected chi connectivity index (χ2v) is 9.06. The van der Waals surface area contributed by atoms with Crippen LogP contribution in [0, 0.1) is 25.2 Å². The third-order valence-electron chi connectivity index (χ3n) is 7.11. The number of hydrogen-bond donors (Lipinski definition) is 2. The Morgan fingerprint density at radius 2 is 1.87 bits per heavy atom. The lowest BCUT2D eigenvalue weighted by molar-refractivity contribution is 0.0747. The average molecular weight is 401 g/mol. The first-order valence-corrected chi connectivity index (χ1v) is 10.7. The number of hydrogen-bond acceptors (Lipinski definition) is 3. The quantitative estimate of drug-likeness (QED) is 0.704. The topological polar surface area (TPSA) is 52.6 Å². The van der Waals surface area contributed by atoms with Gasteiger partial charge in [0, 0.05) is 37.2 Å². The zero-order valence-corrected chi connectivity index (χ0v) is 17.6. The molecule has 2 fully saturated rings. The van der Waals surface area contributed by atoms with Crippen molar-refractivity contribution in [2.45, 2.75) is 13.8 Å². The third kappa shape index (κ3) is 2.94. The van der Waals surface area contributed by atoms with E-state index in [9.17, 15) is 9.90 Å². The second kappa shape index (κ2) is 7.22.